The van der Waals surface area contributed by atoms with Crippen LogP contribution in [0.15, 0.2) is 85.2 Å². The number of pyridine rings is 2. The molecule has 4 N–H and O–H groups in total. The number of nitrogens with one attached hydrogen (secondary N) is 4. The number of hydrogen-bond acceptors (Lipinski definition) is 12. The largest absolute Gasteiger partial charge is 0.457 e. The van der Waals surface area contributed by atoms with Crippen molar-refractivity contribution in [2.24, 2.45) is 11.3 Å². The number of imide groups is 1. The van der Waals surface area contributed by atoms with E-state index in [4.69, 9.17) is 4.74 Å². The van der Waals surface area contributed by atoms with Crippen molar-refractivity contribution in [2.75, 3.05) is 66.7 Å². The number of rotatable bonds is 14. The third-order valence-corrected chi connectivity index (χ3v) is 15.2. The molecular formula is C52H52F4N10O6. The Morgan fingerprint density at radius 3 is 2.22 bits per heavy atom. The van der Waals surface area contributed by atoms with Gasteiger partial charge < -0.3 is 30.5 Å². The van der Waals surface area contributed by atoms with Gasteiger partial charge in [-0.15, -0.1) is 0 Å². The zero-order valence-electron chi connectivity index (χ0n) is 39.1. The highest BCUT2D eigenvalue weighted by Crippen LogP contribution is 2.48. The van der Waals surface area contributed by atoms with Crippen molar-refractivity contribution in [3.05, 3.63) is 108 Å². The third kappa shape index (κ3) is 9.40. The first kappa shape index (κ1) is 47.2. The monoisotopic (exact) mass is 988 g/mol. The van der Waals surface area contributed by atoms with E-state index in [1.165, 1.54) is 47.5 Å². The van der Waals surface area contributed by atoms with E-state index in [1.54, 1.807) is 30.5 Å². The first-order chi connectivity index (χ1) is 34.7. The van der Waals surface area contributed by atoms with Gasteiger partial charge in [0.25, 0.3) is 5.91 Å². The Morgan fingerprint density at radius 1 is 0.861 bits per heavy atom. The number of fused-ring (bicyclic) bond motifs is 4. The van der Waals surface area contributed by atoms with Crippen molar-refractivity contribution >= 4 is 63.3 Å². The van der Waals surface area contributed by atoms with Crippen molar-refractivity contribution in [3.63, 3.8) is 0 Å². The zero-order chi connectivity index (χ0) is 49.9. The summed E-state index contributed by atoms with van der Waals surface area (Å²) in [6.45, 7) is 5.53. The minimum Gasteiger partial charge on any atom is -0.457 e. The fourth-order valence-electron chi connectivity index (χ4n) is 11.1. The third-order valence-electron chi connectivity index (χ3n) is 15.2. The van der Waals surface area contributed by atoms with E-state index < -0.39 is 46.7 Å². The molecule has 1 saturated carbocycles. The average Bonchev–Trinajstić information content (AvgIpc) is 4.12. The van der Waals surface area contributed by atoms with Crippen LogP contribution in [0.2, 0.25) is 0 Å². The Kier molecular flexibility index (Phi) is 12.3. The molecule has 6 fully saturated rings. The van der Waals surface area contributed by atoms with Crippen LogP contribution in [0, 0.1) is 17.2 Å². The number of benzene rings is 3. The molecule has 374 valence electrons. The molecule has 3 aromatic carbocycles. The van der Waals surface area contributed by atoms with Gasteiger partial charge in [0.2, 0.25) is 23.6 Å². The Hall–Kier alpha value is -7.19. The van der Waals surface area contributed by atoms with Crippen LogP contribution in [0.25, 0.3) is 10.9 Å². The van der Waals surface area contributed by atoms with Crippen LogP contribution in [0.4, 0.5) is 40.4 Å². The maximum absolute atomic E-state index is 14.9. The molecule has 8 heterocycles. The van der Waals surface area contributed by atoms with Crippen LogP contribution in [0.1, 0.15) is 66.4 Å². The van der Waals surface area contributed by atoms with E-state index in [2.05, 4.69) is 41.0 Å². The number of ether oxygens (including phenoxy) is 1. The lowest BCUT2D eigenvalue weighted by Crippen LogP contribution is -2.69. The van der Waals surface area contributed by atoms with E-state index in [0.717, 1.165) is 57.1 Å². The second-order valence-electron chi connectivity index (χ2n) is 19.8. The highest BCUT2D eigenvalue weighted by Gasteiger charge is 2.56. The maximum atomic E-state index is 14.9. The van der Waals surface area contributed by atoms with E-state index in [1.807, 2.05) is 11.0 Å². The molecule has 1 aliphatic carbocycles. The smallest absolute Gasteiger partial charge is 0.418 e. The van der Waals surface area contributed by atoms with Gasteiger partial charge in [0.15, 0.2) is 0 Å². The molecule has 5 saturated heterocycles. The van der Waals surface area contributed by atoms with Crippen LogP contribution >= 0.6 is 0 Å². The first-order valence-corrected chi connectivity index (χ1v) is 24.4. The number of alkyl halides is 3. The molecule has 0 spiro atoms. The predicted octanol–water partition coefficient (Wildman–Crippen LogP) is 6.79. The molecule has 7 aliphatic rings. The van der Waals surface area contributed by atoms with E-state index in [0.29, 0.717) is 90.9 Å². The topological polar surface area (TPSA) is 181 Å². The Balaban J connectivity index is 0.657. The lowest BCUT2D eigenvalue weighted by Gasteiger charge is -2.57. The van der Waals surface area contributed by atoms with E-state index in [9.17, 15) is 41.5 Å². The number of carbonyl (C=O) groups excluding carboxylic acids is 5. The van der Waals surface area contributed by atoms with Crippen molar-refractivity contribution in [3.8, 4) is 11.5 Å². The second-order valence-corrected chi connectivity index (χ2v) is 19.8. The molecule has 12 rings (SSSR count). The van der Waals surface area contributed by atoms with Crippen LogP contribution in [-0.4, -0.2) is 118 Å². The lowest BCUT2D eigenvalue weighted by atomic mass is 9.86. The van der Waals surface area contributed by atoms with E-state index in [-0.39, 0.29) is 41.6 Å². The highest BCUT2D eigenvalue weighted by atomic mass is 19.4. The fraction of sp³-hybridized carbons (Fsp3) is 0.404. The molecule has 5 amide bonds. The molecule has 5 aromatic rings. The number of aromatic nitrogens is 2. The normalized spacial score (nSPS) is 22.0. The Bertz CT molecular complexity index is 2950. The van der Waals surface area contributed by atoms with Gasteiger partial charge in [0, 0.05) is 100 Å². The van der Waals surface area contributed by atoms with E-state index >= 15 is 0 Å². The molecule has 16 nitrogen and oxygen atoms in total. The standard InChI is InChI=1S/C52H52F4N10O6/c53-32-1-3-33(4-2-32)60-49(70)51(14-15-51)50(71)61-34-5-7-37(8-6-34)72-44-11-16-57-41-24-43(40(23-38(41)44)52(54,55)56)64-18-12-30(13-19-64)26-63-28-35-22-36(29-63)65(35)20-17-58-45-21-31-27-66(48(69)39(31)25-59-45)42-9-10-46(67)62-47(42)68/h1-8,11,16,21,23-25,30,35-36,42H,9-10,12-15,17-20,22,26-29H2,(H,58,59)(H,60,70)(H,61,71)(H,62,67,68). The molecule has 20 heteroatoms. The molecule has 0 radical (unpaired) electrons. The van der Waals surface area contributed by atoms with Crippen LogP contribution in [0.5, 0.6) is 11.5 Å². The van der Waals surface area contributed by atoms with Crippen LogP contribution in [0.3, 0.4) is 0 Å². The number of piperidine rings is 3. The van der Waals surface area contributed by atoms with Crippen LogP contribution in [-0.2, 0) is 31.9 Å². The summed E-state index contributed by atoms with van der Waals surface area (Å²) in [4.78, 5) is 80.6. The Labute approximate surface area is 411 Å². The van der Waals surface area contributed by atoms with Gasteiger partial charge >= 0.3 is 6.18 Å². The molecule has 2 bridgehead atoms. The summed E-state index contributed by atoms with van der Waals surface area (Å²) in [6, 6.07) is 17.8. The molecule has 3 atom stereocenters. The summed E-state index contributed by atoms with van der Waals surface area (Å²) in [5.74, 6) is -0.920. The summed E-state index contributed by atoms with van der Waals surface area (Å²) in [5, 5.41) is 11.4. The number of hydrogen-bond donors (Lipinski definition) is 4. The molecule has 3 unspecified atom stereocenters. The molecule has 72 heavy (non-hydrogen) atoms. The average molecular weight is 989 g/mol. The Morgan fingerprint density at radius 2 is 1.56 bits per heavy atom. The number of halogens is 4. The zero-order valence-corrected chi connectivity index (χ0v) is 39.1. The predicted molar refractivity (Wildman–Crippen MR) is 258 cm³/mol. The minimum absolute atomic E-state index is 0.0965. The maximum Gasteiger partial charge on any atom is 0.418 e. The number of carbonyl (C=O) groups is 5. The number of nitrogens with zero attached hydrogens (tertiary/aromatic N) is 6. The van der Waals surface area contributed by atoms with Gasteiger partial charge in [-0.25, -0.2) is 9.37 Å². The van der Waals surface area contributed by atoms with Gasteiger partial charge in [-0.3, -0.25) is 44.1 Å². The summed E-state index contributed by atoms with van der Waals surface area (Å²) >= 11 is 0. The highest BCUT2D eigenvalue weighted by molar-refractivity contribution is 6.17. The van der Waals surface area contributed by atoms with Gasteiger partial charge in [-0.05, 0) is 123 Å². The van der Waals surface area contributed by atoms with Crippen molar-refractivity contribution < 1.29 is 46.3 Å². The SMILES string of the molecule is O=C1CCC(N2Cc3cc(NCCN4C5CC4CN(CC4CCN(c6cc7nccc(Oc8ccc(NC(=O)C9(C(=O)Nc%10ccc(F)cc%10)CC9)cc8)c7cc6C(F)(F)F)CC4)C5)ncc3C2=O)C(=O)N1. The van der Waals surface area contributed by atoms with Crippen molar-refractivity contribution in [2.45, 2.75) is 75.8 Å². The molecule has 2 aromatic heterocycles. The quantitative estimate of drug-likeness (QED) is 0.0521. The number of anilines is 4. The van der Waals surface area contributed by atoms with Gasteiger partial charge in [0.1, 0.15) is 34.6 Å². The molecule has 6 aliphatic heterocycles. The number of amides is 5. The fourth-order valence-corrected chi connectivity index (χ4v) is 11.1. The summed E-state index contributed by atoms with van der Waals surface area (Å²) < 4.78 is 64.0. The van der Waals surface area contributed by atoms with Gasteiger partial charge in [0.05, 0.1) is 22.3 Å². The van der Waals surface area contributed by atoms with Crippen molar-refractivity contribution in [1.29, 1.82) is 0 Å². The first-order valence-electron chi connectivity index (χ1n) is 24.4. The summed E-state index contributed by atoms with van der Waals surface area (Å²) in [5.41, 5.74) is 0.490. The summed E-state index contributed by atoms with van der Waals surface area (Å²) in [6.07, 6.45) is 2.27. The van der Waals surface area contributed by atoms with Gasteiger partial charge in [-0.2, -0.15) is 13.2 Å². The second kappa shape index (κ2) is 18.8. The minimum atomic E-state index is -4.64. The van der Waals surface area contributed by atoms with Crippen molar-refractivity contribution in [1.82, 2.24) is 30.0 Å². The molecular weight excluding hydrogens is 937 g/mol. The van der Waals surface area contributed by atoms with Crippen LogP contribution < -0.4 is 30.9 Å². The van der Waals surface area contributed by atoms with Gasteiger partial charge in [-0.1, -0.05) is 0 Å². The lowest BCUT2D eigenvalue weighted by molar-refractivity contribution is -0.138. The summed E-state index contributed by atoms with van der Waals surface area (Å²) in [7, 11) is 0. The number of piperazine rings is 1.